The summed E-state index contributed by atoms with van der Waals surface area (Å²) in [6.45, 7) is 3.87. The first kappa shape index (κ1) is 9.69. The zero-order valence-electron chi connectivity index (χ0n) is 6.90. The lowest BCUT2D eigenvalue weighted by Gasteiger charge is -2.09. The molecule has 0 fully saturated rings. The van der Waals surface area contributed by atoms with E-state index in [-0.39, 0.29) is 6.10 Å². The molecule has 1 radical (unpaired) electrons. The summed E-state index contributed by atoms with van der Waals surface area (Å²) in [5.74, 6) is 0.586. The molecule has 0 aliphatic carbocycles. The van der Waals surface area contributed by atoms with Crippen LogP contribution >= 0.6 is 23.2 Å². The molecule has 12 heavy (non-hydrogen) atoms. The van der Waals surface area contributed by atoms with Crippen LogP contribution in [0.4, 0.5) is 0 Å². The summed E-state index contributed by atoms with van der Waals surface area (Å²) in [5, 5.41) is 1.03. The maximum atomic E-state index is 5.75. The van der Waals surface area contributed by atoms with Crippen LogP contribution in [0, 0.1) is 6.07 Å². The van der Waals surface area contributed by atoms with Crippen LogP contribution in [0.25, 0.3) is 0 Å². The third-order valence-electron chi connectivity index (χ3n) is 1.14. The number of hydrogen-bond donors (Lipinski definition) is 0. The highest BCUT2D eigenvalue weighted by Gasteiger charge is 2.01. The predicted octanol–water partition coefficient (Wildman–Crippen LogP) is 3.58. The van der Waals surface area contributed by atoms with Gasteiger partial charge in [0.2, 0.25) is 0 Å². The number of hydrogen-bond acceptors (Lipinski definition) is 1. The maximum Gasteiger partial charge on any atom is 0.130 e. The molecule has 0 amide bonds. The van der Waals surface area contributed by atoms with Gasteiger partial charge in [0.25, 0.3) is 0 Å². The standard InChI is InChI=1S/C9H9Cl2O/c1-6(2)12-9-4-7(10)3-8(11)5-9/h3-4,6H,1-2H3. The lowest BCUT2D eigenvalue weighted by Crippen LogP contribution is -2.05. The van der Waals surface area contributed by atoms with Crippen molar-refractivity contribution in [3.63, 3.8) is 0 Å². The Balaban J connectivity index is 2.85. The second kappa shape index (κ2) is 4.01. The first-order chi connectivity index (χ1) is 5.58. The van der Waals surface area contributed by atoms with Crippen LogP contribution in [0.15, 0.2) is 12.1 Å². The van der Waals surface area contributed by atoms with Crippen molar-refractivity contribution < 1.29 is 4.74 Å². The van der Waals surface area contributed by atoms with Gasteiger partial charge in [0.05, 0.1) is 11.1 Å². The first-order valence-electron chi connectivity index (χ1n) is 3.63. The molecular formula is C9H9Cl2O. The average Bonchev–Trinajstić information content (AvgIpc) is 1.81. The third kappa shape index (κ3) is 2.92. The maximum absolute atomic E-state index is 5.75. The third-order valence-corrected chi connectivity index (χ3v) is 1.56. The van der Waals surface area contributed by atoms with Crippen LogP contribution in [-0.4, -0.2) is 6.10 Å². The Morgan fingerprint density at radius 3 is 2.50 bits per heavy atom. The molecule has 0 aliphatic heterocycles. The van der Waals surface area contributed by atoms with Gasteiger partial charge in [-0.15, -0.1) is 0 Å². The SMILES string of the molecule is CC(C)Oc1[c]c(Cl)cc(Cl)c1. The lowest BCUT2D eigenvalue weighted by atomic mass is 10.3. The minimum absolute atomic E-state index is 0.107. The van der Waals surface area contributed by atoms with Crippen molar-refractivity contribution >= 4 is 23.2 Å². The molecule has 0 aromatic heterocycles. The Morgan fingerprint density at radius 1 is 1.33 bits per heavy atom. The van der Waals surface area contributed by atoms with E-state index in [4.69, 9.17) is 27.9 Å². The molecule has 65 valence electrons. The predicted molar refractivity (Wildman–Crippen MR) is 51.1 cm³/mol. The van der Waals surface area contributed by atoms with E-state index in [0.29, 0.717) is 15.8 Å². The summed E-state index contributed by atoms with van der Waals surface area (Å²) >= 11 is 11.5. The van der Waals surface area contributed by atoms with Gasteiger partial charge in [0.1, 0.15) is 5.75 Å². The molecule has 0 unspecified atom stereocenters. The molecule has 0 atom stereocenters. The Kier molecular flexibility index (Phi) is 3.24. The summed E-state index contributed by atoms with van der Waals surface area (Å²) < 4.78 is 5.35. The van der Waals surface area contributed by atoms with Gasteiger partial charge in [0, 0.05) is 11.1 Å². The second-order valence-corrected chi connectivity index (χ2v) is 3.52. The molecule has 0 spiro atoms. The van der Waals surface area contributed by atoms with Gasteiger partial charge in [-0.05, 0) is 26.0 Å². The minimum atomic E-state index is 0.107. The zero-order chi connectivity index (χ0) is 9.14. The first-order valence-corrected chi connectivity index (χ1v) is 4.38. The molecule has 3 heteroatoms. The highest BCUT2D eigenvalue weighted by atomic mass is 35.5. The van der Waals surface area contributed by atoms with Gasteiger partial charge >= 0.3 is 0 Å². The second-order valence-electron chi connectivity index (χ2n) is 2.68. The van der Waals surface area contributed by atoms with Crippen molar-refractivity contribution in [2.75, 3.05) is 0 Å². The molecule has 1 aromatic carbocycles. The van der Waals surface area contributed by atoms with E-state index in [1.54, 1.807) is 12.1 Å². The summed E-state index contributed by atoms with van der Waals surface area (Å²) in [6.07, 6.45) is 0.107. The molecule has 1 nitrogen and oxygen atoms in total. The molecule has 0 heterocycles. The van der Waals surface area contributed by atoms with Crippen LogP contribution in [0.3, 0.4) is 0 Å². The Morgan fingerprint density at radius 2 is 2.00 bits per heavy atom. The number of halogens is 2. The quantitative estimate of drug-likeness (QED) is 0.715. The van der Waals surface area contributed by atoms with Gasteiger partial charge in [0.15, 0.2) is 0 Å². The highest BCUT2D eigenvalue weighted by molar-refractivity contribution is 6.34. The van der Waals surface area contributed by atoms with E-state index in [1.165, 1.54) is 0 Å². The van der Waals surface area contributed by atoms with E-state index in [9.17, 15) is 0 Å². The normalized spacial score (nSPS) is 10.4. The highest BCUT2D eigenvalue weighted by Crippen LogP contribution is 2.23. The summed E-state index contributed by atoms with van der Waals surface area (Å²) in [7, 11) is 0. The molecule has 0 aliphatic rings. The van der Waals surface area contributed by atoms with E-state index in [1.807, 2.05) is 13.8 Å². The van der Waals surface area contributed by atoms with Crippen LogP contribution in [0.1, 0.15) is 13.8 Å². The van der Waals surface area contributed by atoms with Crippen molar-refractivity contribution in [2.24, 2.45) is 0 Å². The topological polar surface area (TPSA) is 9.23 Å². The molecule has 0 bridgehead atoms. The fourth-order valence-electron chi connectivity index (χ4n) is 0.795. The largest absolute Gasteiger partial charge is 0.490 e. The zero-order valence-corrected chi connectivity index (χ0v) is 8.41. The Hall–Kier alpha value is -0.400. The Bertz CT molecular complexity index is 251. The monoisotopic (exact) mass is 203 g/mol. The van der Waals surface area contributed by atoms with E-state index < -0.39 is 0 Å². The molecule has 1 aromatic rings. The minimum Gasteiger partial charge on any atom is -0.490 e. The summed E-state index contributed by atoms with van der Waals surface area (Å²) in [4.78, 5) is 0. The molecule has 1 rings (SSSR count). The van der Waals surface area contributed by atoms with Crippen LogP contribution in [-0.2, 0) is 0 Å². The van der Waals surface area contributed by atoms with Crippen molar-refractivity contribution in [3.05, 3.63) is 28.2 Å². The molecular weight excluding hydrogens is 195 g/mol. The smallest absolute Gasteiger partial charge is 0.130 e. The lowest BCUT2D eigenvalue weighted by molar-refractivity contribution is 0.242. The fraction of sp³-hybridized carbons (Fsp3) is 0.333. The summed E-state index contributed by atoms with van der Waals surface area (Å²) in [5.41, 5.74) is 0. The number of ether oxygens (including phenoxy) is 1. The average molecular weight is 204 g/mol. The Labute approximate surface area is 82.2 Å². The van der Waals surface area contributed by atoms with Crippen LogP contribution in [0.2, 0.25) is 10.0 Å². The molecule has 0 saturated heterocycles. The van der Waals surface area contributed by atoms with Crippen molar-refractivity contribution in [2.45, 2.75) is 20.0 Å². The number of rotatable bonds is 2. The van der Waals surface area contributed by atoms with Crippen molar-refractivity contribution in [1.29, 1.82) is 0 Å². The van der Waals surface area contributed by atoms with E-state index >= 15 is 0 Å². The van der Waals surface area contributed by atoms with E-state index in [2.05, 4.69) is 6.07 Å². The van der Waals surface area contributed by atoms with Crippen LogP contribution < -0.4 is 4.74 Å². The van der Waals surface area contributed by atoms with Crippen LogP contribution in [0.5, 0.6) is 5.75 Å². The van der Waals surface area contributed by atoms with Crippen molar-refractivity contribution in [3.8, 4) is 5.75 Å². The number of benzene rings is 1. The van der Waals surface area contributed by atoms with E-state index in [0.717, 1.165) is 0 Å². The fourth-order valence-corrected chi connectivity index (χ4v) is 1.27. The van der Waals surface area contributed by atoms with Gasteiger partial charge < -0.3 is 4.74 Å². The van der Waals surface area contributed by atoms with Crippen molar-refractivity contribution in [1.82, 2.24) is 0 Å². The van der Waals surface area contributed by atoms with Gasteiger partial charge in [-0.1, -0.05) is 23.2 Å². The molecule has 0 saturated carbocycles. The molecule has 0 N–H and O–H groups in total. The van der Waals surface area contributed by atoms with Gasteiger partial charge in [-0.2, -0.15) is 0 Å². The van der Waals surface area contributed by atoms with Gasteiger partial charge in [-0.3, -0.25) is 0 Å². The van der Waals surface area contributed by atoms with Gasteiger partial charge in [-0.25, -0.2) is 0 Å². The summed E-state index contributed by atoms with van der Waals surface area (Å²) in [6, 6.07) is 6.15.